The Morgan fingerprint density at radius 3 is 3.10 bits per heavy atom. The van der Waals surface area contributed by atoms with E-state index in [0.29, 0.717) is 5.76 Å². The molecule has 2 nitrogen and oxygen atoms in total. The van der Waals surface area contributed by atoms with E-state index in [9.17, 15) is 0 Å². The Bertz CT molecular complexity index is 159. The summed E-state index contributed by atoms with van der Waals surface area (Å²) in [5, 5.41) is 8.91. The Morgan fingerprint density at radius 2 is 2.60 bits per heavy atom. The quantitative estimate of drug-likeness (QED) is 0.633. The molecule has 0 saturated heterocycles. The van der Waals surface area contributed by atoms with Gasteiger partial charge in [-0.25, -0.2) is 0 Å². The molecule has 1 N–H and O–H groups in total. The number of aliphatic hydroxyl groups is 1. The molecule has 1 aliphatic carbocycles. The van der Waals surface area contributed by atoms with E-state index in [2.05, 4.69) is 0 Å². The van der Waals surface area contributed by atoms with Crippen LogP contribution in [0.1, 0.15) is 13.3 Å². The minimum Gasteiger partial charge on any atom is -0.508 e. The second kappa shape index (κ2) is 3.42. The van der Waals surface area contributed by atoms with Crippen molar-refractivity contribution in [2.45, 2.75) is 19.4 Å². The minimum atomic E-state index is 0.167. The van der Waals surface area contributed by atoms with Gasteiger partial charge in [-0.2, -0.15) is 0 Å². The topological polar surface area (TPSA) is 29.5 Å². The molecule has 1 atom stereocenters. The third kappa shape index (κ3) is 1.88. The fourth-order valence-corrected chi connectivity index (χ4v) is 0.927. The van der Waals surface area contributed by atoms with E-state index >= 15 is 0 Å². The normalized spacial score (nSPS) is 24.5. The predicted octanol–water partition coefficient (Wildman–Crippen LogP) is 1.79. The van der Waals surface area contributed by atoms with E-state index in [1.165, 1.54) is 0 Å². The number of ether oxygens (including phenoxy) is 1. The Hall–Kier alpha value is -0.760. The van der Waals surface area contributed by atoms with Crippen LogP contribution in [-0.4, -0.2) is 17.8 Å². The van der Waals surface area contributed by atoms with E-state index < -0.39 is 0 Å². The number of aliphatic hydroxyl groups excluding tert-OH is 1. The van der Waals surface area contributed by atoms with Crippen LogP contribution >= 0.6 is 0 Å². The molecule has 0 aromatic heterocycles. The van der Waals surface area contributed by atoms with Gasteiger partial charge in [-0.3, -0.25) is 0 Å². The van der Waals surface area contributed by atoms with Gasteiger partial charge in [-0.05, 0) is 25.5 Å². The summed E-state index contributed by atoms with van der Waals surface area (Å²) in [6.45, 7) is 2.69. The molecule has 1 aliphatic rings. The Kier molecular flexibility index (Phi) is 2.51. The Morgan fingerprint density at radius 1 is 1.80 bits per heavy atom. The third-order valence-corrected chi connectivity index (χ3v) is 1.42. The van der Waals surface area contributed by atoms with Crippen molar-refractivity contribution in [3.63, 3.8) is 0 Å². The highest BCUT2D eigenvalue weighted by Gasteiger charge is 2.05. The van der Waals surface area contributed by atoms with Crippen LogP contribution in [0.15, 0.2) is 24.0 Å². The van der Waals surface area contributed by atoms with Crippen LogP contribution in [0.4, 0.5) is 0 Å². The van der Waals surface area contributed by atoms with Crippen LogP contribution in [-0.2, 0) is 4.74 Å². The molecule has 2 heteroatoms. The lowest BCUT2D eigenvalue weighted by Crippen LogP contribution is -2.10. The predicted molar refractivity (Wildman–Crippen MR) is 39.9 cm³/mol. The molecule has 0 aliphatic heterocycles. The highest BCUT2D eigenvalue weighted by molar-refractivity contribution is 5.17. The second-order valence-electron chi connectivity index (χ2n) is 2.22. The zero-order valence-electron chi connectivity index (χ0n) is 6.08. The smallest absolute Gasteiger partial charge is 0.111 e. The lowest BCUT2D eigenvalue weighted by Gasteiger charge is -2.13. The fourth-order valence-electron chi connectivity index (χ4n) is 0.927. The molecule has 0 aromatic rings. The zero-order valence-corrected chi connectivity index (χ0v) is 6.08. The van der Waals surface area contributed by atoms with Crippen LogP contribution in [0.2, 0.25) is 0 Å². The lowest BCUT2D eigenvalue weighted by molar-refractivity contribution is 0.0964. The molecule has 56 valence electrons. The van der Waals surface area contributed by atoms with Crippen LogP contribution in [0.25, 0.3) is 0 Å². The van der Waals surface area contributed by atoms with Gasteiger partial charge in [0.2, 0.25) is 0 Å². The molecular formula is C8H12O2. The van der Waals surface area contributed by atoms with Crippen LogP contribution in [0.3, 0.4) is 0 Å². The van der Waals surface area contributed by atoms with Gasteiger partial charge in [-0.1, -0.05) is 6.08 Å². The first-order chi connectivity index (χ1) is 4.83. The van der Waals surface area contributed by atoms with Crippen molar-refractivity contribution in [3.8, 4) is 0 Å². The summed E-state index contributed by atoms with van der Waals surface area (Å²) < 4.78 is 5.29. The maximum atomic E-state index is 8.91. The first-order valence-corrected chi connectivity index (χ1v) is 3.52. The SMILES string of the molecule is CCOC1C=CC(O)=CC1. The van der Waals surface area contributed by atoms with Gasteiger partial charge in [0.25, 0.3) is 0 Å². The maximum Gasteiger partial charge on any atom is 0.111 e. The molecule has 1 rings (SSSR count). The van der Waals surface area contributed by atoms with Gasteiger partial charge >= 0.3 is 0 Å². The lowest BCUT2D eigenvalue weighted by atomic mass is 10.1. The molecule has 0 bridgehead atoms. The highest BCUT2D eigenvalue weighted by Crippen LogP contribution is 2.10. The number of rotatable bonds is 2. The van der Waals surface area contributed by atoms with Crippen LogP contribution in [0, 0.1) is 0 Å². The number of allylic oxidation sites excluding steroid dienone is 1. The van der Waals surface area contributed by atoms with E-state index in [4.69, 9.17) is 9.84 Å². The molecule has 0 spiro atoms. The maximum absolute atomic E-state index is 8.91. The van der Waals surface area contributed by atoms with Crippen molar-refractivity contribution in [2.24, 2.45) is 0 Å². The number of hydrogen-bond acceptors (Lipinski definition) is 2. The summed E-state index contributed by atoms with van der Waals surface area (Å²) in [4.78, 5) is 0. The van der Waals surface area contributed by atoms with Crippen molar-refractivity contribution >= 4 is 0 Å². The van der Waals surface area contributed by atoms with Gasteiger partial charge in [0.05, 0.1) is 6.10 Å². The third-order valence-electron chi connectivity index (χ3n) is 1.42. The standard InChI is InChI=1S/C8H12O2/c1-2-10-8-5-3-7(9)4-6-8/h3-5,8-9H,2,6H2,1H3. The summed E-state index contributed by atoms with van der Waals surface area (Å²) in [6, 6.07) is 0. The first kappa shape index (κ1) is 7.35. The second-order valence-corrected chi connectivity index (χ2v) is 2.22. The molecule has 0 radical (unpaired) electrons. The molecule has 1 unspecified atom stereocenters. The van der Waals surface area contributed by atoms with Gasteiger partial charge < -0.3 is 9.84 Å². The number of hydrogen-bond donors (Lipinski definition) is 1. The van der Waals surface area contributed by atoms with E-state index in [1.54, 1.807) is 12.2 Å². The molecule has 0 aromatic carbocycles. The van der Waals surface area contributed by atoms with Crippen molar-refractivity contribution in [3.05, 3.63) is 24.0 Å². The van der Waals surface area contributed by atoms with E-state index in [-0.39, 0.29) is 6.10 Å². The van der Waals surface area contributed by atoms with Gasteiger partial charge in [0.1, 0.15) is 5.76 Å². The zero-order chi connectivity index (χ0) is 7.40. The molecular weight excluding hydrogens is 128 g/mol. The summed E-state index contributed by atoms with van der Waals surface area (Å²) in [7, 11) is 0. The fraction of sp³-hybridized carbons (Fsp3) is 0.500. The van der Waals surface area contributed by atoms with Crippen molar-refractivity contribution < 1.29 is 9.84 Å². The first-order valence-electron chi connectivity index (χ1n) is 3.52. The van der Waals surface area contributed by atoms with Crippen LogP contribution in [0.5, 0.6) is 0 Å². The summed E-state index contributed by atoms with van der Waals surface area (Å²) in [5.41, 5.74) is 0. The summed E-state index contributed by atoms with van der Waals surface area (Å²) in [6.07, 6.45) is 6.26. The Balaban J connectivity index is 2.37. The highest BCUT2D eigenvalue weighted by atomic mass is 16.5. The van der Waals surface area contributed by atoms with Gasteiger partial charge in [0, 0.05) is 6.61 Å². The van der Waals surface area contributed by atoms with Gasteiger partial charge in [-0.15, -0.1) is 0 Å². The molecule has 10 heavy (non-hydrogen) atoms. The summed E-state index contributed by atoms with van der Waals surface area (Å²) >= 11 is 0. The average molecular weight is 140 g/mol. The van der Waals surface area contributed by atoms with E-state index in [0.717, 1.165) is 13.0 Å². The minimum absolute atomic E-state index is 0.167. The average Bonchev–Trinajstić information content (AvgIpc) is 1.95. The molecule has 0 amide bonds. The largest absolute Gasteiger partial charge is 0.508 e. The molecule has 0 fully saturated rings. The van der Waals surface area contributed by atoms with Gasteiger partial charge in [0.15, 0.2) is 0 Å². The van der Waals surface area contributed by atoms with Crippen molar-refractivity contribution in [1.82, 2.24) is 0 Å². The molecule has 0 saturated carbocycles. The summed E-state index contributed by atoms with van der Waals surface area (Å²) in [5.74, 6) is 0.343. The van der Waals surface area contributed by atoms with E-state index in [1.807, 2.05) is 13.0 Å². The van der Waals surface area contributed by atoms with Crippen molar-refractivity contribution in [2.75, 3.05) is 6.61 Å². The monoisotopic (exact) mass is 140 g/mol. The van der Waals surface area contributed by atoms with Crippen LogP contribution < -0.4 is 0 Å². The Labute approximate surface area is 60.8 Å². The molecule has 0 heterocycles. The van der Waals surface area contributed by atoms with Crippen molar-refractivity contribution in [1.29, 1.82) is 0 Å².